The van der Waals surface area contributed by atoms with Gasteiger partial charge in [-0.25, -0.2) is 4.79 Å². The highest BCUT2D eigenvalue weighted by molar-refractivity contribution is 5.69. The number of nitrogens with one attached hydrogen (secondary N) is 2. The summed E-state index contributed by atoms with van der Waals surface area (Å²) in [5.74, 6) is 0.574. The molecule has 0 aromatic heterocycles. The van der Waals surface area contributed by atoms with Crippen LogP contribution in [0.3, 0.4) is 0 Å². The van der Waals surface area contributed by atoms with Gasteiger partial charge in [0.15, 0.2) is 0 Å². The van der Waals surface area contributed by atoms with Gasteiger partial charge >= 0.3 is 6.09 Å². The minimum absolute atomic E-state index is 0. The molecular weight excluding hydrogens is 264 g/mol. The van der Waals surface area contributed by atoms with E-state index in [2.05, 4.69) is 26.3 Å². The van der Waals surface area contributed by atoms with Gasteiger partial charge in [0.05, 0.1) is 20.1 Å². The molecule has 2 N–H and O–H groups in total. The highest BCUT2D eigenvalue weighted by Crippen LogP contribution is 2.13. The summed E-state index contributed by atoms with van der Waals surface area (Å²) in [6.45, 7) is 2.25. The second-order valence-corrected chi connectivity index (χ2v) is 4.80. The molecule has 1 aromatic carbocycles. The first kappa shape index (κ1) is 17.7. The Morgan fingerprint density at radius 1 is 1.32 bits per heavy atom. The third kappa shape index (κ3) is 6.45. The van der Waals surface area contributed by atoms with Gasteiger partial charge in [-0.15, -0.1) is 0 Å². The van der Waals surface area contributed by atoms with E-state index in [4.69, 9.17) is 4.74 Å². The number of halogens is 1. The van der Waals surface area contributed by atoms with Crippen LogP contribution in [0.15, 0.2) is 24.3 Å². The van der Waals surface area contributed by atoms with Gasteiger partial charge in [0.2, 0.25) is 0 Å². The number of quaternary nitrogens is 1. The fourth-order valence-corrected chi connectivity index (χ4v) is 1.55. The Balaban J connectivity index is 0.00000324. The summed E-state index contributed by atoms with van der Waals surface area (Å²) in [5.41, 5.74) is 1.27. The van der Waals surface area contributed by atoms with Crippen LogP contribution in [0.1, 0.15) is 18.9 Å². The summed E-state index contributed by atoms with van der Waals surface area (Å²) < 4.78 is 5.03. The molecule has 0 spiro atoms. The van der Waals surface area contributed by atoms with Crippen LogP contribution in [-0.2, 0) is 6.42 Å². The molecule has 0 aliphatic carbocycles. The van der Waals surface area contributed by atoms with Crippen LogP contribution >= 0.6 is 0 Å². The van der Waals surface area contributed by atoms with Crippen molar-refractivity contribution in [3.05, 3.63) is 29.8 Å². The van der Waals surface area contributed by atoms with Crippen LogP contribution in [0.2, 0.25) is 0 Å². The van der Waals surface area contributed by atoms with E-state index in [0.717, 1.165) is 12.8 Å². The molecular formula is C14H23ClN2O2. The summed E-state index contributed by atoms with van der Waals surface area (Å²) in [7, 11) is 5.89. The average Bonchev–Trinajstić information content (AvgIpc) is 2.37. The van der Waals surface area contributed by atoms with Gasteiger partial charge in [-0.3, -0.25) is 0 Å². The highest BCUT2D eigenvalue weighted by Gasteiger charge is 2.08. The van der Waals surface area contributed by atoms with E-state index in [0.29, 0.717) is 11.8 Å². The fraction of sp³-hybridized carbons (Fsp3) is 0.500. The zero-order chi connectivity index (χ0) is 13.5. The Bertz CT molecular complexity index is 380. The number of amides is 1. The Hall–Kier alpha value is -1.26. The molecule has 5 heteroatoms. The van der Waals surface area contributed by atoms with E-state index in [1.807, 2.05) is 24.3 Å². The Morgan fingerprint density at radius 2 is 1.89 bits per heavy atom. The molecule has 0 fully saturated rings. The third-order valence-electron chi connectivity index (χ3n) is 3.19. The lowest BCUT2D eigenvalue weighted by Crippen LogP contribution is -3.09. The maximum atomic E-state index is 11.0. The normalized spacial score (nSPS) is 11.6. The molecule has 1 aromatic rings. The monoisotopic (exact) mass is 286 g/mol. The molecule has 0 saturated carbocycles. The van der Waals surface area contributed by atoms with Gasteiger partial charge in [-0.1, -0.05) is 12.1 Å². The van der Waals surface area contributed by atoms with Crippen molar-refractivity contribution in [1.29, 1.82) is 0 Å². The molecule has 0 heterocycles. The summed E-state index contributed by atoms with van der Waals surface area (Å²) in [5, 5.41) is 2.42. The van der Waals surface area contributed by atoms with Crippen LogP contribution in [0.4, 0.5) is 4.79 Å². The number of aryl methyl sites for hydroxylation is 1. The second-order valence-electron chi connectivity index (χ2n) is 4.80. The molecule has 108 valence electrons. The number of hydrogen-bond donors (Lipinski definition) is 2. The van der Waals surface area contributed by atoms with E-state index >= 15 is 0 Å². The van der Waals surface area contributed by atoms with Gasteiger partial charge in [0, 0.05) is 13.5 Å². The first-order valence-electron chi connectivity index (χ1n) is 6.31. The Labute approximate surface area is 121 Å². The summed E-state index contributed by atoms with van der Waals surface area (Å²) >= 11 is 0. The molecule has 0 radical (unpaired) electrons. The van der Waals surface area contributed by atoms with Crippen molar-refractivity contribution in [2.75, 3.05) is 21.1 Å². The van der Waals surface area contributed by atoms with Gasteiger partial charge in [0.1, 0.15) is 5.75 Å². The number of benzene rings is 1. The molecule has 1 atom stereocenters. The molecule has 0 aliphatic heterocycles. The van der Waals surface area contributed by atoms with Crippen molar-refractivity contribution in [1.82, 2.24) is 5.32 Å². The van der Waals surface area contributed by atoms with Crippen LogP contribution < -0.4 is 27.4 Å². The number of carbonyl (C=O) groups excluding carboxylic acids is 1. The molecule has 1 amide bonds. The zero-order valence-electron chi connectivity index (χ0n) is 12.0. The molecule has 0 bridgehead atoms. The number of rotatable bonds is 5. The smallest absolute Gasteiger partial charge is 0.412 e. The van der Waals surface area contributed by atoms with E-state index in [-0.39, 0.29) is 12.4 Å². The van der Waals surface area contributed by atoms with Gasteiger partial charge in [0.25, 0.3) is 0 Å². The topological polar surface area (TPSA) is 42.8 Å². The van der Waals surface area contributed by atoms with E-state index in [9.17, 15) is 4.79 Å². The van der Waals surface area contributed by atoms with Gasteiger partial charge in [-0.05, 0) is 31.0 Å². The van der Waals surface area contributed by atoms with E-state index in [1.165, 1.54) is 10.5 Å². The zero-order valence-corrected chi connectivity index (χ0v) is 12.8. The van der Waals surface area contributed by atoms with Crippen molar-refractivity contribution in [3.63, 3.8) is 0 Å². The van der Waals surface area contributed by atoms with Crippen molar-refractivity contribution in [3.8, 4) is 5.75 Å². The van der Waals surface area contributed by atoms with E-state index in [1.54, 1.807) is 7.05 Å². The minimum Gasteiger partial charge on any atom is -1.00 e. The Kier molecular flexibility index (Phi) is 8.19. The molecule has 1 rings (SSSR count). The van der Waals surface area contributed by atoms with Crippen molar-refractivity contribution in [2.45, 2.75) is 25.8 Å². The molecule has 1 unspecified atom stereocenters. The predicted molar refractivity (Wildman–Crippen MR) is 72.1 cm³/mol. The molecule has 0 saturated heterocycles. The van der Waals surface area contributed by atoms with Crippen LogP contribution in [0.5, 0.6) is 5.75 Å². The fourth-order valence-electron chi connectivity index (χ4n) is 1.55. The number of ether oxygens (including phenoxy) is 1. The summed E-state index contributed by atoms with van der Waals surface area (Å²) in [6.07, 6.45) is 1.76. The first-order valence-corrected chi connectivity index (χ1v) is 6.31. The summed E-state index contributed by atoms with van der Waals surface area (Å²) in [6, 6.07) is 8.33. The molecule has 19 heavy (non-hydrogen) atoms. The SMILES string of the molecule is CNC(=O)Oc1ccc(CCC(C)[NH+](C)C)cc1.[Cl-]. The Morgan fingerprint density at radius 3 is 2.37 bits per heavy atom. The predicted octanol–water partition coefficient (Wildman–Crippen LogP) is -2.13. The largest absolute Gasteiger partial charge is 1.00 e. The lowest BCUT2D eigenvalue weighted by Gasteiger charge is -2.16. The third-order valence-corrected chi connectivity index (χ3v) is 3.19. The lowest BCUT2D eigenvalue weighted by molar-refractivity contribution is -0.883. The van der Waals surface area contributed by atoms with Crippen molar-refractivity contribution in [2.24, 2.45) is 0 Å². The maximum Gasteiger partial charge on any atom is 0.412 e. The average molecular weight is 287 g/mol. The van der Waals surface area contributed by atoms with Crippen molar-refractivity contribution < 1.29 is 26.8 Å². The second kappa shape index (κ2) is 8.77. The first-order chi connectivity index (χ1) is 8.52. The standard InChI is InChI=1S/C14H22N2O2.ClH/c1-11(16(3)4)5-6-12-7-9-13(10-8-12)18-14(17)15-2;/h7-11H,5-6H2,1-4H3,(H,15,17);1H. The molecule has 0 aliphatic rings. The van der Waals surface area contributed by atoms with Crippen LogP contribution in [-0.4, -0.2) is 33.3 Å². The van der Waals surface area contributed by atoms with Crippen LogP contribution in [0, 0.1) is 0 Å². The highest BCUT2D eigenvalue weighted by atomic mass is 35.5. The van der Waals surface area contributed by atoms with Crippen LogP contribution in [0.25, 0.3) is 0 Å². The maximum absolute atomic E-state index is 11.0. The van der Waals surface area contributed by atoms with Gasteiger partial charge < -0.3 is 27.4 Å². The quantitative estimate of drug-likeness (QED) is 0.650. The minimum atomic E-state index is -0.437. The number of hydrogen-bond acceptors (Lipinski definition) is 2. The van der Waals surface area contributed by atoms with Crippen molar-refractivity contribution >= 4 is 6.09 Å². The number of carbonyl (C=O) groups is 1. The van der Waals surface area contributed by atoms with Gasteiger partial charge in [-0.2, -0.15) is 0 Å². The summed E-state index contributed by atoms with van der Waals surface area (Å²) in [4.78, 5) is 12.5. The van der Waals surface area contributed by atoms with E-state index < -0.39 is 6.09 Å². The molecule has 4 nitrogen and oxygen atoms in total. The lowest BCUT2D eigenvalue weighted by atomic mass is 10.1.